The molecular formula is C18H25N7O. The van der Waals surface area contributed by atoms with Crippen molar-refractivity contribution in [1.82, 2.24) is 30.0 Å². The quantitative estimate of drug-likeness (QED) is 0.901. The zero-order valence-corrected chi connectivity index (χ0v) is 15.0. The standard InChI is InChI=1S/C18H25N7O/c26-18(20-14-17-22-21-16-7-2-1-5-9-25(16)17)24-12-10-23(11-13-24)15-6-3-4-8-19-15/h3-4,6,8H,1-2,5,7,9-14H2,(H,20,26). The monoisotopic (exact) mass is 355 g/mol. The fourth-order valence-corrected chi connectivity index (χ4v) is 3.62. The largest absolute Gasteiger partial charge is 0.353 e. The van der Waals surface area contributed by atoms with Gasteiger partial charge in [-0.2, -0.15) is 0 Å². The molecule has 0 radical (unpaired) electrons. The van der Waals surface area contributed by atoms with Gasteiger partial charge in [-0.25, -0.2) is 9.78 Å². The minimum atomic E-state index is -0.0309. The van der Waals surface area contributed by atoms with Gasteiger partial charge in [0.1, 0.15) is 11.6 Å². The van der Waals surface area contributed by atoms with Crippen LogP contribution in [0.25, 0.3) is 0 Å². The molecule has 138 valence electrons. The first kappa shape index (κ1) is 16.8. The van der Waals surface area contributed by atoms with E-state index >= 15 is 0 Å². The Morgan fingerprint density at radius 1 is 1.04 bits per heavy atom. The Morgan fingerprint density at radius 3 is 2.73 bits per heavy atom. The molecule has 0 atom stereocenters. The van der Waals surface area contributed by atoms with Crippen LogP contribution in [0.1, 0.15) is 30.9 Å². The van der Waals surface area contributed by atoms with Crippen molar-refractivity contribution in [2.75, 3.05) is 31.1 Å². The Balaban J connectivity index is 1.29. The third-order valence-corrected chi connectivity index (χ3v) is 5.12. The van der Waals surface area contributed by atoms with Crippen molar-refractivity contribution in [3.8, 4) is 0 Å². The molecule has 2 aromatic rings. The van der Waals surface area contributed by atoms with Gasteiger partial charge in [0.05, 0.1) is 6.54 Å². The molecule has 2 aliphatic rings. The predicted molar refractivity (Wildman–Crippen MR) is 97.8 cm³/mol. The lowest BCUT2D eigenvalue weighted by atomic mass is 10.2. The van der Waals surface area contributed by atoms with Crippen molar-refractivity contribution in [1.29, 1.82) is 0 Å². The van der Waals surface area contributed by atoms with E-state index < -0.39 is 0 Å². The van der Waals surface area contributed by atoms with Crippen molar-refractivity contribution < 1.29 is 4.79 Å². The minimum Gasteiger partial charge on any atom is -0.353 e. The molecule has 26 heavy (non-hydrogen) atoms. The number of hydrogen-bond acceptors (Lipinski definition) is 5. The molecule has 2 amide bonds. The van der Waals surface area contributed by atoms with Crippen molar-refractivity contribution in [3.05, 3.63) is 36.0 Å². The van der Waals surface area contributed by atoms with Gasteiger partial charge in [0, 0.05) is 45.3 Å². The third kappa shape index (κ3) is 3.63. The Morgan fingerprint density at radius 2 is 1.92 bits per heavy atom. The Kier molecular flexibility index (Phi) is 4.99. The van der Waals surface area contributed by atoms with Crippen LogP contribution in [-0.2, 0) is 19.5 Å². The molecule has 1 fully saturated rings. The number of aromatic nitrogens is 4. The van der Waals surface area contributed by atoms with E-state index in [0.29, 0.717) is 19.6 Å². The Hall–Kier alpha value is -2.64. The maximum Gasteiger partial charge on any atom is 0.317 e. The van der Waals surface area contributed by atoms with Gasteiger partial charge in [0.25, 0.3) is 0 Å². The summed E-state index contributed by atoms with van der Waals surface area (Å²) in [5, 5.41) is 11.6. The highest BCUT2D eigenvalue weighted by molar-refractivity contribution is 5.74. The summed E-state index contributed by atoms with van der Waals surface area (Å²) in [7, 11) is 0. The molecule has 0 aliphatic carbocycles. The SMILES string of the molecule is O=C(NCc1nnc2n1CCCCC2)N1CCN(c2ccccn2)CC1. The van der Waals surface area contributed by atoms with Crippen molar-refractivity contribution >= 4 is 11.8 Å². The van der Waals surface area contributed by atoms with Crippen LogP contribution in [0.3, 0.4) is 0 Å². The fourth-order valence-electron chi connectivity index (χ4n) is 3.62. The lowest BCUT2D eigenvalue weighted by Gasteiger charge is -2.35. The number of anilines is 1. The molecule has 8 heteroatoms. The van der Waals surface area contributed by atoms with Crippen molar-refractivity contribution in [2.45, 2.75) is 38.8 Å². The van der Waals surface area contributed by atoms with Crippen LogP contribution in [0, 0.1) is 0 Å². The summed E-state index contributed by atoms with van der Waals surface area (Å²) in [6.07, 6.45) is 6.34. The van der Waals surface area contributed by atoms with Gasteiger partial charge in [-0.05, 0) is 25.0 Å². The van der Waals surface area contributed by atoms with E-state index in [1.54, 1.807) is 6.20 Å². The lowest BCUT2D eigenvalue weighted by Crippen LogP contribution is -2.52. The summed E-state index contributed by atoms with van der Waals surface area (Å²) < 4.78 is 2.17. The number of carbonyl (C=O) groups is 1. The number of pyridine rings is 1. The highest BCUT2D eigenvalue weighted by atomic mass is 16.2. The number of amides is 2. The third-order valence-electron chi connectivity index (χ3n) is 5.12. The number of aryl methyl sites for hydroxylation is 1. The maximum absolute atomic E-state index is 12.5. The minimum absolute atomic E-state index is 0.0309. The highest BCUT2D eigenvalue weighted by Gasteiger charge is 2.22. The van der Waals surface area contributed by atoms with Gasteiger partial charge in [-0.15, -0.1) is 10.2 Å². The molecule has 1 saturated heterocycles. The van der Waals surface area contributed by atoms with Crippen molar-refractivity contribution in [2.24, 2.45) is 0 Å². The number of nitrogens with zero attached hydrogens (tertiary/aromatic N) is 6. The molecule has 2 aliphatic heterocycles. The average Bonchev–Trinajstić information content (AvgIpc) is 2.93. The topological polar surface area (TPSA) is 79.2 Å². The second-order valence-corrected chi connectivity index (χ2v) is 6.82. The second kappa shape index (κ2) is 7.72. The first-order valence-electron chi connectivity index (χ1n) is 9.41. The second-order valence-electron chi connectivity index (χ2n) is 6.82. The molecule has 4 heterocycles. The van der Waals surface area contributed by atoms with Crippen LogP contribution in [-0.4, -0.2) is 56.9 Å². The average molecular weight is 355 g/mol. The molecule has 4 rings (SSSR count). The molecular weight excluding hydrogens is 330 g/mol. The molecule has 0 spiro atoms. The maximum atomic E-state index is 12.5. The van der Waals surface area contributed by atoms with E-state index in [-0.39, 0.29) is 6.03 Å². The van der Waals surface area contributed by atoms with E-state index in [0.717, 1.165) is 49.9 Å². The van der Waals surface area contributed by atoms with Gasteiger partial charge in [0.15, 0.2) is 5.82 Å². The molecule has 0 aromatic carbocycles. The highest BCUT2D eigenvalue weighted by Crippen LogP contribution is 2.15. The number of carbonyl (C=O) groups excluding carboxylic acids is 1. The van der Waals surface area contributed by atoms with Gasteiger partial charge in [0.2, 0.25) is 0 Å². The normalized spacial score (nSPS) is 17.5. The molecule has 2 aromatic heterocycles. The summed E-state index contributed by atoms with van der Waals surface area (Å²) in [5.74, 6) is 2.89. The number of hydrogen-bond donors (Lipinski definition) is 1. The summed E-state index contributed by atoms with van der Waals surface area (Å²) in [4.78, 5) is 20.9. The van der Waals surface area contributed by atoms with Gasteiger partial charge in [-0.1, -0.05) is 12.5 Å². The molecule has 0 unspecified atom stereocenters. The summed E-state index contributed by atoms with van der Waals surface area (Å²) >= 11 is 0. The van der Waals surface area contributed by atoms with E-state index in [1.807, 2.05) is 23.1 Å². The first-order chi connectivity index (χ1) is 12.8. The van der Waals surface area contributed by atoms with Crippen LogP contribution in [0.2, 0.25) is 0 Å². The van der Waals surface area contributed by atoms with E-state index in [4.69, 9.17) is 0 Å². The summed E-state index contributed by atoms with van der Waals surface area (Å²) in [6.45, 7) is 4.37. The number of rotatable bonds is 3. The van der Waals surface area contributed by atoms with Crippen LogP contribution in [0.4, 0.5) is 10.6 Å². The smallest absolute Gasteiger partial charge is 0.317 e. The zero-order valence-electron chi connectivity index (χ0n) is 15.0. The molecule has 0 bridgehead atoms. The fraction of sp³-hybridized carbons (Fsp3) is 0.556. The van der Waals surface area contributed by atoms with Gasteiger partial charge < -0.3 is 19.7 Å². The zero-order chi connectivity index (χ0) is 17.8. The molecule has 8 nitrogen and oxygen atoms in total. The predicted octanol–water partition coefficient (Wildman–Crippen LogP) is 1.43. The van der Waals surface area contributed by atoms with E-state index in [1.165, 1.54) is 12.8 Å². The van der Waals surface area contributed by atoms with E-state index in [2.05, 4.69) is 30.0 Å². The summed E-state index contributed by atoms with van der Waals surface area (Å²) in [6, 6.07) is 5.88. The van der Waals surface area contributed by atoms with Gasteiger partial charge >= 0.3 is 6.03 Å². The van der Waals surface area contributed by atoms with Crippen molar-refractivity contribution in [3.63, 3.8) is 0 Å². The lowest BCUT2D eigenvalue weighted by molar-refractivity contribution is 0.193. The molecule has 1 N–H and O–H groups in total. The number of piperazine rings is 1. The summed E-state index contributed by atoms with van der Waals surface area (Å²) in [5.41, 5.74) is 0. The number of urea groups is 1. The van der Waals surface area contributed by atoms with Crippen LogP contribution in [0.5, 0.6) is 0 Å². The first-order valence-corrected chi connectivity index (χ1v) is 9.41. The molecule has 0 saturated carbocycles. The Bertz CT molecular complexity index is 737. The van der Waals surface area contributed by atoms with E-state index in [9.17, 15) is 4.79 Å². The van der Waals surface area contributed by atoms with Crippen LogP contribution < -0.4 is 10.2 Å². The Labute approximate surface area is 153 Å². The van der Waals surface area contributed by atoms with Crippen LogP contribution >= 0.6 is 0 Å². The van der Waals surface area contributed by atoms with Gasteiger partial charge in [-0.3, -0.25) is 0 Å². The van der Waals surface area contributed by atoms with Crippen LogP contribution in [0.15, 0.2) is 24.4 Å². The number of nitrogens with one attached hydrogen (secondary N) is 1. The number of fused-ring (bicyclic) bond motifs is 1.